The first-order valence-electron chi connectivity index (χ1n) is 7.25. The second-order valence-electron chi connectivity index (χ2n) is 5.10. The molecule has 0 saturated carbocycles. The lowest BCUT2D eigenvalue weighted by atomic mass is 10.1. The summed E-state index contributed by atoms with van der Waals surface area (Å²) in [6.45, 7) is -0.00506. The maximum absolute atomic E-state index is 13.9. The first-order chi connectivity index (χ1) is 11.4. The van der Waals surface area contributed by atoms with Crippen LogP contribution in [0.3, 0.4) is 0 Å². The van der Waals surface area contributed by atoms with Crippen LogP contribution in [0.4, 0.5) is 13.2 Å². The van der Waals surface area contributed by atoms with Crippen molar-refractivity contribution in [3.63, 3.8) is 0 Å². The normalized spacial score (nSPS) is 11.9. The Labute approximate surface area is 138 Å². The summed E-state index contributed by atoms with van der Waals surface area (Å²) in [5.41, 5.74) is 6.32. The molecule has 0 atom stereocenters. The standard InChI is InChI=1S/C16H17F3N2O2S/c17-13-6-7-14(16(19)15(13)18)24(22,23)21(11-9-20)10-8-12-4-2-1-3-5-12/h1-7H,8-11,20H2. The molecule has 2 rings (SSSR count). The van der Waals surface area contributed by atoms with E-state index in [9.17, 15) is 21.6 Å². The average molecular weight is 358 g/mol. The Morgan fingerprint density at radius 1 is 0.917 bits per heavy atom. The second-order valence-corrected chi connectivity index (χ2v) is 7.01. The Hall–Kier alpha value is -1.90. The van der Waals surface area contributed by atoms with E-state index in [2.05, 4.69) is 0 Å². The van der Waals surface area contributed by atoms with Gasteiger partial charge in [0.05, 0.1) is 0 Å². The van der Waals surface area contributed by atoms with Gasteiger partial charge in [-0.15, -0.1) is 0 Å². The molecular weight excluding hydrogens is 341 g/mol. The van der Waals surface area contributed by atoms with E-state index in [0.717, 1.165) is 15.9 Å². The molecular formula is C16H17F3N2O2S. The lowest BCUT2D eigenvalue weighted by Gasteiger charge is -2.22. The molecule has 130 valence electrons. The molecule has 0 saturated heterocycles. The topological polar surface area (TPSA) is 63.4 Å². The van der Waals surface area contributed by atoms with E-state index in [1.165, 1.54) is 0 Å². The van der Waals surface area contributed by atoms with E-state index in [4.69, 9.17) is 5.73 Å². The summed E-state index contributed by atoms with van der Waals surface area (Å²) in [5, 5.41) is 0. The largest absolute Gasteiger partial charge is 0.329 e. The fourth-order valence-electron chi connectivity index (χ4n) is 2.24. The summed E-state index contributed by atoms with van der Waals surface area (Å²) in [6.07, 6.45) is 0.380. The summed E-state index contributed by atoms with van der Waals surface area (Å²) >= 11 is 0. The Morgan fingerprint density at radius 2 is 1.58 bits per heavy atom. The van der Waals surface area contributed by atoms with E-state index in [-0.39, 0.29) is 19.6 Å². The van der Waals surface area contributed by atoms with Gasteiger partial charge in [0.2, 0.25) is 10.0 Å². The SMILES string of the molecule is NCCN(CCc1ccccc1)S(=O)(=O)c1ccc(F)c(F)c1F. The molecule has 0 spiro atoms. The van der Waals surface area contributed by atoms with Gasteiger partial charge in [0.25, 0.3) is 0 Å². The van der Waals surface area contributed by atoms with Crippen LogP contribution in [-0.4, -0.2) is 32.4 Å². The Bertz CT molecular complexity index is 798. The highest BCUT2D eigenvalue weighted by atomic mass is 32.2. The maximum Gasteiger partial charge on any atom is 0.246 e. The van der Waals surface area contributed by atoms with Crippen molar-refractivity contribution in [3.8, 4) is 0 Å². The summed E-state index contributed by atoms with van der Waals surface area (Å²) in [7, 11) is -4.33. The van der Waals surface area contributed by atoms with E-state index in [0.29, 0.717) is 12.5 Å². The van der Waals surface area contributed by atoms with Gasteiger partial charge in [0.15, 0.2) is 17.5 Å². The van der Waals surface area contributed by atoms with Gasteiger partial charge in [-0.1, -0.05) is 30.3 Å². The van der Waals surface area contributed by atoms with Crippen molar-refractivity contribution in [2.24, 2.45) is 5.73 Å². The summed E-state index contributed by atoms with van der Waals surface area (Å²) in [4.78, 5) is -0.900. The van der Waals surface area contributed by atoms with Gasteiger partial charge in [-0.05, 0) is 24.1 Å². The van der Waals surface area contributed by atoms with Gasteiger partial charge >= 0.3 is 0 Å². The molecule has 0 aromatic heterocycles. The minimum Gasteiger partial charge on any atom is -0.329 e. The number of benzene rings is 2. The van der Waals surface area contributed by atoms with Crippen molar-refractivity contribution in [2.45, 2.75) is 11.3 Å². The second kappa shape index (κ2) is 7.78. The monoisotopic (exact) mass is 358 g/mol. The van der Waals surface area contributed by atoms with Gasteiger partial charge < -0.3 is 5.73 Å². The molecule has 0 aliphatic heterocycles. The van der Waals surface area contributed by atoms with Crippen LogP contribution < -0.4 is 5.73 Å². The van der Waals surface area contributed by atoms with Crippen molar-refractivity contribution in [1.82, 2.24) is 4.31 Å². The highest BCUT2D eigenvalue weighted by Crippen LogP contribution is 2.23. The summed E-state index contributed by atoms with van der Waals surface area (Å²) < 4.78 is 66.4. The zero-order chi connectivity index (χ0) is 17.7. The molecule has 24 heavy (non-hydrogen) atoms. The highest BCUT2D eigenvalue weighted by Gasteiger charge is 2.29. The van der Waals surface area contributed by atoms with E-state index in [1.54, 1.807) is 0 Å². The number of sulfonamides is 1. The Kier molecular flexibility index (Phi) is 5.98. The van der Waals surface area contributed by atoms with Crippen LogP contribution in [0.5, 0.6) is 0 Å². The lowest BCUT2D eigenvalue weighted by molar-refractivity contribution is 0.404. The highest BCUT2D eigenvalue weighted by molar-refractivity contribution is 7.89. The number of halogens is 3. The predicted molar refractivity (Wildman–Crippen MR) is 84.3 cm³/mol. The summed E-state index contributed by atoms with van der Waals surface area (Å²) in [5.74, 6) is -4.98. The minimum atomic E-state index is -4.33. The molecule has 8 heteroatoms. The molecule has 0 radical (unpaired) electrons. The number of rotatable bonds is 7. The Balaban J connectivity index is 2.30. The molecule has 0 aliphatic carbocycles. The van der Waals surface area contributed by atoms with E-state index < -0.39 is 32.4 Å². The third-order valence-electron chi connectivity index (χ3n) is 3.49. The number of hydrogen-bond acceptors (Lipinski definition) is 3. The van der Waals surface area contributed by atoms with Crippen molar-refractivity contribution < 1.29 is 21.6 Å². The van der Waals surface area contributed by atoms with E-state index >= 15 is 0 Å². The van der Waals surface area contributed by atoms with Crippen LogP contribution in [0.2, 0.25) is 0 Å². The minimum absolute atomic E-state index is 0.0132. The molecule has 0 unspecified atom stereocenters. The number of nitrogens with two attached hydrogens (primary N) is 1. The first kappa shape index (κ1) is 18.4. The van der Waals surface area contributed by atoms with Crippen LogP contribution in [0.25, 0.3) is 0 Å². The van der Waals surface area contributed by atoms with Crippen LogP contribution in [-0.2, 0) is 16.4 Å². The quantitative estimate of drug-likeness (QED) is 0.773. The zero-order valence-electron chi connectivity index (χ0n) is 12.8. The van der Waals surface area contributed by atoms with Crippen molar-refractivity contribution in [1.29, 1.82) is 0 Å². The van der Waals surface area contributed by atoms with Crippen molar-refractivity contribution in [3.05, 3.63) is 65.5 Å². The van der Waals surface area contributed by atoms with Gasteiger partial charge in [0.1, 0.15) is 4.90 Å². The van der Waals surface area contributed by atoms with Crippen LogP contribution in [0, 0.1) is 17.5 Å². The molecule has 2 aromatic rings. The molecule has 2 aromatic carbocycles. The van der Waals surface area contributed by atoms with Gasteiger partial charge in [0, 0.05) is 19.6 Å². The molecule has 2 N–H and O–H groups in total. The van der Waals surface area contributed by atoms with Crippen LogP contribution in [0.15, 0.2) is 47.4 Å². The Morgan fingerprint density at radius 3 is 2.21 bits per heavy atom. The van der Waals surface area contributed by atoms with Gasteiger partial charge in [-0.3, -0.25) is 0 Å². The lowest BCUT2D eigenvalue weighted by Crippen LogP contribution is -2.37. The average Bonchev–Trinajstić information content (AvgIpc) is 2.57. The molecule has 0 amide bonds. The maximum atomic E-state index is 13.9. The number of nitrogens with zero attached hydrogens (tertiary/aromatic N) is 1. The van der Waals surface area contributed by atoms with Crippen LogP contribution >= 0.6 is 0 Å². The third kappa shape index (κ3) is 3.95. The van der Waals surface area contributed by atoms with E-state index in [1.807, 2.05) is 30.3 Å². The molecule has 0 bridgehead atoms. The first-order valence-corrected chi connectivity index (χ1v) is 8.69. The predicted octanol–water partition coefficient (Wildman–Crippen LogP) is 2.30. The fraction of sp³-hybridized carbons (Fsp3) is 0.250. The van der Waals surface area contributed by atoms with Crippen LogP contribution in [0.1, 0.15) is 5.56 Å². The number of hydrogen-bond donors (Lipinski definition) is 1. The van der Waals surface area contributed by atoms with Crippen molar-refractivity contribution in [2.75, 3.05) is 19.6 Å². The molecule has 4 nitrogen and oxygen atoms in total. The zero-order valence-corrected chi connectivity index (χ0v) is 13.6. The fourth-order valence-corrected chi connectivity index (χ4v) is 3.75. The smallest absolute Gasteiger partial charge is 0.246 e. The summed E-state index contributed by atoms with van der Waals surface area (Å²) in [6, 6.07) is 10.4. The third-order valence-corrected chi connectivity index (χ3v) is 5.40. The van der Waals surface area contributed by atoms with Gasteiger partial charge in [-0.2, -0.15) is 4.31 Å². The molecule has 0 fully saturated rings. The molecule has 0 aliphatic rings. The molecule has 0 heterocycles. The van der Waals surface area contributed by atoms with Gasteiger partial charge in [-0.25, -0.2) is 21.6 Å². The van der Waals surface area contributed by atoms with Crippen molar-refractivity contribution >= 4 is 10.0 Å².